The van der Waals surface area contributed by atoms with Crippen LogP contribution in [0.15, 0.2) is 12.2 Å². The molecule has 0 N–H and O–H groups in total. The van der Waals surface area contributed by atoms with Gasteiger partial charge in [-0.2, -0.15) is 0 Å². The second kappa shape index (κ2) is 15.7. The average molecular weight is 566 g/mol. The monoisotopic (exact) mass is 564 g/mol. The molecule has 0 aromatic rings. The molecule has 0 unspecified atom stereocenters. The summed E-state index contributed by atoms with van der Waals surface area (Å²) in [6.07, 6.45) is 0.984. The van der Waals surface area contributed by atoms with Crippen molar-refractivity contribution in [2.24, 2.45) is 0 Å². The highest BCUT2D eigenvalue weighted by molar-refractivity contribution is 6.74. The van der Waals surface area contributed by atoms with E-state index in [1.807, 2.05) is 6.92 Å². The predicted molar refractivity (Wildman–Crippen MR) is 136 cm³/mol. The van der Waals surface area contributed by atoms with Crippen molar-refractivity contribution in [2.45, 2.75) is 81.3 Å². The van der Waals surface area contributed by atoms with Gasteiger partial charge in [0.05, 0.1) is 25.7 Å². The standard InChI is InChI=1S/C22H39Cl3O8Si/c1-16(13-20(27)30-14-22(23,24)25)32-19(26)10-9-18(31-15-29-12-11-28-6)17(2)33-34(7,8)21(3,4)5/h9-10,16-18H,11-15H2,1-8H3/b10-9+/t16-,17-,18+/m0/s1. The van der Waals surface area contributed by atoms with Crippen LogP contribution in [0.1, 0.15) is 41.0 Å². The van der Waals surface area contributed by atoms with Gasteiger partial charge in [-0.3, -0.25) is 4.79 Å². The maximum absolute atomic E-state index is 12.3. The molecule has 0 spiro atoms. The van der Waals surface area contributed by atoms with E-state index in [2.05, 4.69) is 33.9 Å². The average Bonchev–Trinajstić information content (AvgIpc) is 2.66. The molecule has 0 aromatic heterocycles. The van der Waals surface area contributed by atoms with E-state index in [4.69, 9.17) is 62.9 Å². The van der Waals surface area contributed by atoms with E-state index in [0.717, 1.165) is 0 Å². The number of carbonyl (C=O) groups excluding carboxylic acids is 2. The largest absolute Gasteiger partial charge is 0.461 e. The molecule has 0 saturated heterocycles. The van der Waals surface area contributed by atoms with Crippen molar-refractivity contribution in [1.29, 1.82) is 0 Å². The highest BCUT2D eigenvalue weighted by Gasteiger charge is 2.39. The summed E-state index contributed by atoms with van der Waals surface area (Å²) in [7, 11) is -0.502. The molecule has 0 aromatic carbocycles. The van der Waals surface area contributed by atoms with Gasteiger partial charge in [0, 0.05) is 13.2 Å². The van der Waals surface area contributed by atoms with Gasteiger partial charge in [0.2, 0.25) is 3.79 Å². The van der Waals surface area contributed by atoms with Gasteiger partial charge in [-0.05, 0) is 38.1 Å². The van der Waals surface area contributed by atoms with Crippen LogP contribution < -0.4 is 0 Å². The Morgan fingerprint density at radius 3 is 2.21 bits per heavy atom. The molecule has 8 nitrogen and oxygen atoms in total. The Bertz CT molecular complexity index is 647. The summed E-state index contributed by atoms with van der Waals surface area (Å²) in [6, 6.07) is 0. The fourth-order valence-corrected chi connectivity index (χ4v) is 3.87. The summed E-state index contributed by atoms with van der Waals surface area (Å²) in [6.45, 7) is 14.6. The summed E-state index contributed by atoms with van der Waals surface area (Å²) in [5, 5.41) is 0.00348. The molecule has 3 atom stereocenters. The lowest BCUT2D eigenvalue weighted by Crippen LogP contribution is -2.46. The third-order valence-corrected chi connectivity index (χ3v) is 10.0. The third kappa shape index (κ3) is 15.6. The van der Waals surface area contributed by atoms with Crippen LogP contribution in [0.5, 0.6) is 0 Å². The Morgan fingerprint density at radius 2 is 1.68 bits per heavy atom. The van der Waals surface area contributed by atoms with Gasteiger partial charge < -0.3 is 28.1 Å². The van der Waals surface area contributed by atoms with Crippen molar-refractivity contribution < 1.29 is 37.7 Å². The number of hydrogen-bond acceptors (Lipinski definition) is 8. The highest BCUT2D eigenvalue weighted by Crippen LogP contribution is 2.37. The molecule has 0 aliphatic heterocycles. The fraction of sp³-hybridized carbons (Fsp3) is 0.818. The van der Waals surface area contributed by atoms with Crippen molar-refractivity contribution in [3.63, 3.8) is 0 Å². The van der Waals surface area contributed by atoms with E-state index >= 15 is 0 Å². The zero-order valence-corrected chi connectivity index (χ0v) is 24.6. The highest BCUT2D eigenvalue weighted by atomic mass is 35.6. The van der Waals surface area contributed by atoms with E-state index in [-0.39, 0.29) is 24.4 Å². The molecule has 0 bridgehead atoms. The van der Waals surface area contributed by atoms with E-state index in [0.29, 0.717) is 13.2 Å². The Labute approximate surface area is 219 Å². The molecule has 0 rings (SSSR count). The van der Waals surface area contributed by atoms with E-state index in [9.17, 15) is 9.59 Å². The predicted octanol–water partition coefficient (Wildman–Crippen LogP) is 5.19. The molecule has 0 aliphatic rings. The van der Waals surface area contributed by atoms with Gasteiger partial charge in [-0.25, -0.2) is 4.79 Å². The molecule has 12 heteroatoms. The van der Waals surface area contributed by atoms with Crippen molar-refractivity contribution in [1.82, 2.24) is 0 Å². The second-order valence-corrected chi connectivity index (χ2v) is 16.6. The molecular weight excluding hydrogens is 527 g/mol. The van der Waals surface area contributed by atoms with Crippen LogP contribution in [0.4, 0.5) is 0 Å². The lowest BCUT2D eigenvalue weighted by Gasteiger charge is -2.39. The van der Waals surface area contributed by atoms with Crippen molar-refractivity contribution in [3.8, 4) is 0 Å². The maximum Gasteiger partial charge on any atom is 0.330 e. The molecule has 0 aliphatic carbocycles. The lowest BCUT2D eigenvalue weighted by molar-refractivity contribution is -0.151. The van der Waals surface area contributed by atoms with Crippen LogP contribution in [0.2, 0.25) is 18.1 Å². The zero-order valence-electron chi connectivity index (χ0n) is 21.3. The Balaban J connectivity index is 5.00. The van der Waals surface area contributed by atoms with E-state index < -0.39 is 42.9 Å². The summed E-state index contributed by atoms with van der Waals surface area (Å²) >= 11 is 16.6. The van der Waals surface area contributed by atoms with Crippen LogP contribution >= 0.6 is 34.8 Å². The molecule has 0 fully saturated rings. The first-order chi connectivity index (χ1) is 15.5. The van der Waals surface area contributed by atoms with Crippen molar-refractivity contribution >= 4 is 55.1 Å². The Kier molecular flexibility index (Phi) is 15.5. The first kappa shape index (κ1) is 33.6. The molecule has 0 radical (unpaired) electrons. The number of methoxy groups -OCH3 is 1. The molecular formula is C22H39Cl3O8Si. The quantitative estimate of drug-likeness (QED) is 0.0669. The van der Waals surface area contributed by atoms with E-state index in [1.165, 1.54) is 6.08 Å². The van der Waals surface area contributed by atoms with Gasteiger partial charge in [0.15, 0.2) is 8.32 Å². The Morgan fingerprint density at radius 1 is 1.06 bits per heavy atom. The number of hydrogen-bond donors (Lipinski definition) is 0. The number of halogens is 3. The van der Waals surface area contributed by atoms with Crippen LogP contribution in [-0.4, -0.2) is 76.1 Å². The van der Waals surface area contributed by atoms with Gasteiger partial charge in [-0.15, -0.1) is 0 Å². The molecule has 0 saturated carbocycles. The minimum atomic E-state index is -2.08. The fourth-order valence-electron chi connectivity index (χ4n) is 2.29. The van der Waals surface area contributed by atoms with Gasteiger partial charge in [-0.1, -0.05) is 55.6 Å². The van der Waals surface area contributed by atoms with Crippen LogP contribution in [0.25, 0.3) is 0 Å². The number of esters is 2. The van der Waals surface area contributed by atoms with Gasteiger partial charge in [0.25, 0.3) is 0 Å². The second-order valence-electron chi connectivity index (χ2n) is 9.32. The molecule has 0 heterocycles. The number of carbonyl (C=O) groups is 2. The summed E-state index contributed by atoms with van der Waals surface area (Å²) in [4.78, 5) is 24.1. The number of rotatable bonds is 15. The van der Waals surface area contributed by atoms with Gasteiger partial charge >= 0.3 is 11.9 Å². The van der Waals surface area contributed by atoms with Gasteiger partial charge in [0.1, 0.15) is 25.6 Å². The molecule has 0 amide bonds. The molecule has 200 valence electrons. The Hall–Kier alpha value is -0.393. The summed E-state index contributed by atoms with van der Waals surface area (Å²) in [5.74, 6) is -1.29. The minimum Gasteiger partial charge on any atom is -0.461 e. The normalized spacial score (nSPS) is 15.7. The zero-order chi connectivity index (χ0) is 26.6. The van der Waals surface area contributed by atoms with Crippen LogP contribution in [0, 0.1) is 0 Å². The topological polar surface area (TPSA) is 89.5 Å². The molecule has 34 heavy (non-hydrogen) atoms. The lowest BCUT2D eigenvalue weighted by atomic mass is 10.2. The maximum atomic E-state index is 12.3. The van der Waals surface area contributed by atoms with Crippen molar-refractivity contribution in [3.05, 3.63) is 12.2 Å². The smallest absolute Gasteiger partial charge is 0.330 e. The number of ether oxygens (including phenoxy) is 5. The van der Waals surface area contributed by atoms with Crippen LogP contribution in [-0.2, 0) is 37.7 Å². The first-order valence-electron chi connectivity index (χ1n) is 11.0. The summed E-state index contributed by atoms with van der Waals surface area (Å²) < 4.78 is 30.9. The third-order valence-electron chi connectivity index (χ3n) is 5.12. The van der Waals surface area contributed by atoms with E-state index in [1.54, 1.807) is 20.1 Å². The minimum absolute atomic E-state index is 0.00348. The summed E-state index contributed by atoms with van der Waals surface area (Å²) in [5.41, 5.74) is 0. The SMILES string of the molecule is COCCOCO[C@H](/C=C/C(=O)O[C@@H](C)CC(=O)OCC(Cl)(Cl)Cl)[C@H](C)O[Si](C)(C)C(C)(C)C. The first-order valence-corrected chi connectivity index (χ1v) is 15.0. The van der Waals surface area contributed by atoms with Crippen molar-refractivity contribution in [2.75, 3.05) is 33.7 Å². The van der Waals surface area contributed by atoms with Crippen LogP contribution in [0.3, 0.4) is 0 Å². The number of alkyl halides is 3.